The van der Waals surface area contributed by atoms with Crippen molar-refractivity contribution in [2.45, 2.75) is 6.92 Å². The molecule has 1 aromatic heterocycles. The molecule has 0 fully saturated rings. The number of aryl methyl sites for hydroxylation is 1. The summed E-state index contributed by atoms with van der Waals surface area (Å²) in [5, 5.41) is 3.02. The lowest BCUT2D eigenvalue weighted by Crippen LogP contribution is -2.08. The Morgan fingerprint density at radius 2 is 2.29 bits per heavy atom. The second-order valence-electron chi connectivity index (χ2n) is 2.72. The Hall–Kier alpha value is -1.29. The molecule has 0 aliphatic rings. The number of halogens is 1. The smallest absolute Gasteiger partial charge is 0.343 e. The second kappa shape index (κ2) is 4.28. The van der Waals surface area contributed by atoms with Crippen LogP contribution in [0.3, 0.4) is 0 Å². The van der Waals surface area contributed by atoms with E-state index in [9.17, 15) is 4.79 Å². The van der Waals surface area contributed by atoms with Gasteiger partial charge < -0.3 is 10.1 Å². The fourth-order valence-corrected chi connectivity index (χ4v) is 1.44. The van der Waals surface area contributed by atoms with Crippen LogP contribution in [0.5, 0.6) is 0 Å². The first-order chi connectivity index (χ1) is 6.60. The molecule has 1 heterocycles. The topological polar surface area (TPSA) is 51.2 Å². The first-order valence-corrected chi connectivity index (χ1v) is 4.41. The van der Waals surface area contributed by atoms with Gasteiger partial charge in [-0.25, -0.2) is 9.78 Å². The number of hydrogen-bond donors (Lipinski definition) is 1. The molecule has 0 aliphatic heterocycles. The summed E-state index contributed by atoms with van der Waals surface area (Å²) in [5.41, 5.74) is 1.63. The van der Waals surface area contributed by atoms with Crippen molar-refractivity contribution < 1.29 is 9.53 Å². The SMILES string of the molecule is CNc1cc(C)nc(Cl)c1C(=O)OC. The van der Waals surface area contributed by atoms with Crippen molar-refractivity contribution in [1.29, 1.82) is 0 Å². The van der Waals surface area contributed by atoms with Gasteiger partial charge in [0.2, 0.25) is 0 Å². The van der Waals surface area contributed by atoms with Crippen molar-refractivity contribution in [3.63, 3.8) is 0 Å². The average Bonchev–Trinajstić information content (AvgIpc) is 2.15. The molecule has 4 nitrogen and oxygen atoms in total. The standard InChI is InChI=1S/C9H11ClN2O2/c1-5-4-6(11-2)7(8(10)12-5)9(13)14-3/h4H,1-3H3,(H,11,12). The van der Waals surface area contributed by atoms with E-state index < -0.39 is 5.97 Å². The number of methoxy groups -OCH3 is 1. The van der Waals surface area contributed by atoms with Crippen LogP contribution >= 0.6 is 11.6 Å². The van der Waals surface area contributed by atoms with Crippen molar-refractivity contribution in [2.75, 3.05) is 19.5 Å². The highest BCUT2D eigenvalue weighted by molar-refractivity contribution is 6.33. The Morgan fingerprint density at radius 1 is 1.64 bits per heavy atom. The number of pyridine rings is 1. The van der Waals surface area contributed by atoms with E-state index in [2.05, 4.69) is 15.0 Å². The van der Waals surface area contributed by atoms with Crippen LogP contribution in [0.4, 0.5) is 5.69 Å². The summed E-state index contributed by atoms with van der Waals surface area (Å²) in [5.74, 6) is -0.494. The predicted octanol–water partition coefficient (Wildman–Crippen LogP) is 1.87. The van der Waals surface area contributed by atoms with E-state index in [-0.39, 0.29) is 10.7 Å². The minimum Gasteiger partial charge on any atom is -0.465 e. The predicted molar refractivity (Wildman–Crippen MR) is 54.9 cm³/mol. The highest BCUT2D eigenvalue weighted by Gasteiger charge is 2.17. The fourth-order valence-electron chi connectivity index (χ4n) is 1.13. The number of aromatic nitrogens is 1. The number of nitrogens with one attached hydrogen (secondary N) is 1. The van der Waals surface area contributed by atoms with Gasteiger partial charge in [0, 0.05) is 12.7 Å². The van der Waals surface area contributed by atoms with Gasteiger partial charge in [-0.2, -0.15) is 0 Å². The number of esters is 1. The minimum absolute atomic E-state index is 0.154. The van der Waals surface area contributed by atoms with Crippen LogP contribution in [0.1, 0.15) is 16.1 Å². The van der Waals surface area contributed by atoms with Crippen LogP contribution in [0, 0.1) is 6.92 Å². The largest absolute Gasteiger partial charge is 0.465 e. The van der Waals surface area contributed by atoms with Crippen LogP contribution in [0.25, 0.3) is 0 Å². The van der Waals surface area contributed by atoms with Gasteiger partial charge in [0.15, 0.2) is 0 Å². The maximum absolute atomic E-state index is 11.3. The summed E-state index contributed by atoms with van der Waals surface area (Å²) in [6.45, 7) is 1.80. The van der Waals surface area contributed by atoms with Gasteiger partial charge in [-0.05, 0) is 13.0 Å². The van der Waals surface area contributed by atoms with E-state index in [0.717, 1.165) is 5.69 Å². The number of anilines is 1. The van der Waals surface area contributed by atoms with Crippen LogP contribution < -0.4 is 5.32 Å². The van der Waals surface area contributed by atoms with E-state index >= 15 is 0 Å². The number of carbonyl (C=O) groups is 1. The molecule has 14 heavy (non-hydrogen) atoms. The third kappa shape index (κ3) is 1.96. The van der Waals surface area contributed by atoms with E-state index in [4.69, 9.17) is 11.6 Å². The lowest BCUT2D eigenvalue weighted by Gasteiger charge is -2.09. The summed E-state index contributed by atoms with van der Waals surface area (Å²) in [6.07, 6.45) is 0. The van der Waals surface area contributed by atoms with Crippen molar-refractivity contribution >= 4 is 23.3 Å². The summed E-state index contributed by atoms with van der Waals surface area (Å²) < 4.78 is 4.60. The molecule has 0 saturated carbocycles. The highest BCUT2D eigenvalue weighted by Crippen LogP contribution is 2.24. The molecule has 76 valence electrons. The molecular weight excluding hydrogens is 204 g/mol. The number of carbonyl (C=O) groups excluding carboxylic acids is 1. The van der Waals surface area contributed by atoms with Gasteiger partial charge >= 0.3 is 5.97 Å². The first-order valence-electron chi connectivity index (χ1n) is 4.03. The molecule has 0 unspecified atom stereocenters. The molecule has 1 rings (SSSR count). The molecule has 0 radical (unpaired) electrons. The highest BCUT2D eigenvalue weighted by atomic mass is 35.5. The molecular formula is C9H11ClN2O2. The molecule has 0 atom stereocenters. The molecule has 0 spiro atoms. The van der Waals surface area contributed by atoms with Gasteiger partial charge in [-0.1, -0.05) is 11.6 Å². The van der Waals surface area contributed by atoms with Gasteiger partial charge in [-0.3, -0.25) is 0 Å². The zero-order valence-electron chi connectivity index (χ0n) is 8.22. The zero-order valence-corrected chi connectivity index (χ0v) is 8.97. The monoisotopic (exact) mass is 214 g/mol. The fraction of sp³-hybridized carbons (Fsp3) is 0.333. The van der Waals surface area contributed by atoms with E-state index in [1.807, 2.05) is 0 Å². The summed E-state index contributed by atoms with van der Waals surface area (Å²) >= 11 is 5.84. The summed E-state index contributed by atoms with van der Waals surface area (Å²) in [4.78, 5) is 15.3. The molecule has 0 amide bonds. The Morgan fingerprint density at radius 3 is 2.79 bits per heavy atom. The lowest BCUT2D eigenvalue weighted by molar-refractivity contribution is 0.0601. The average molecular weight is 215 g/mol. The third-order valence-corrected chi connectivity index (χ3v) is 2.04. The van der Waals surface area contributed by atoms with Crippen molar-refractivity contribution in [1.82, 2.24) is 4.98 Å². The number of ether oxygens (including phenoxy) is 1. The maximum atomic E-state index is 11.3. The Labute approximate surface area is 87.2 Å². The molecule has 0 aromatic carbocycles. The molecule has 0 saturated heterocycles. The van der Waals surface area contributed by atoms with Crippen LogP contribution in [-0.2, 0) is 4.74 Å². The van der Waals surface area contributed by atoms with Crippen molar-refractivity contribution in [3.05, 3.63) is 22.5 Å². The zero-order chi connectivity index (χ0) is 10.7. The summed E-state index contributed by atoms with van der Waals surface area (Å²) in [6, 6.07) is 1.73. The Bertz CT molecular complexity index is 366. The van der Waals surface area contributed by atoms with E-state index in [0.29, 0.717) is 5.69 Å². The van der Waals surface area contributed by atoms with Crippen LogP contribution in [-0.4, -0.2) is 25.1 Å². The molecule has 0 bridgehead atoms. The van der Waals surface area contributed by atoms with E-state index in [1.165, 1.54) is 7.11 Å². The maximum Gasteiger partial charge on any atom is 0.343 e. The molecule has 1 aromatic rings. The minimum atomic E-state index is -0.494. The summed E-state index contributed by atoms with van der Waals surface area (Å²) in [7, 11) is 3.01. The van der Waals surface area contributed by atoms with Crippen molar-refractivity contribution in [2.24, 2.45) is 0 Å². The first kappa shape index (κ1) is 10.8. The normalized spacial score (nSPS) is 9.71. The number of rotatable bonds is 2. The Balaban J connectivity index is 3.32. The molecule has 0 aliphatic carbocycles. The molecule has 5 heteroatoms. The number of hydrogen-bond acceptors (Lipinski definition) is 4. The Kier molecular flexibility index (Phi) is 3.30. The third-order valence-electron chi connectivity index (χ3n) is 1.76. The van der Waals surface area contributed by atoms with Gasteiger partial charge in [0.05, 0.1) is 12.8 Å². The van der Waals surface area contributed by atoms with Gasteiger partial charge in [0.1, 0.15) is 10.7 Å². The number of nitrogens with zero attached hydrogens (tertiary/aromatic N) is 1. The van der Waals surface area contributed by atoms with Crippen LogP contribution in [0.15, 0.2) is 6.07 Å². The van der Waals surface area contributed by atoms with Crippen molar-refractivity contribution in [3.8, 4) is 0 Å². The quantitative estimate of drug-likeness (QED) is 0.603. The molecule has 1 N–H and O–H groups in total. The van der Waals surface area contributed by atoms with Gasteiger partial charge in [0.25, 0.3) is 0 Å². The lowest BCUT2D eigenvalue weighted by atomic mass is 10.2. The second-order valence-corrected chi connectivity index (χ2v) is 3.08. The van der Waals surface area contributed by atoms with Crippen LogP contribution in [0.2, 0.25) is 5.15 Å². The van der Waals surface area contributed by atoms with Gasteiger partial charge in [-0.15, -0.1) is 0 Å². The van der Waals surface area contributed by atoms with E-state index in [1.54, 1.807) is 20.0 Å².